The largest absolute Gasteiger partial charge is 0.492 e. The Bertz CT molecular complexity index is 850. The highest BCUT2D eigenvalue weighted by molar-refractivity contribution is 5.96. The van der Waals surface area contributed by atoms with Gasteiger partial charge in [-0.1, -0.05) is 30.3 Å². The van der Waals surface area contributed by atoms with Crippen LogP contribution in [0.2, 0.25) is 0 Å². The molecule has 1 saturated carbocycles. The van der Waals surface area contributed by atoms with Crippen LogP contribution in [0.5, 0.6) is 5.75 Å². The van der Waals surface area contributed by atoms with Crippen LogP contribution in [-0.2, 0) is 9.59 Å². The minimum Gasteiger partial charge on any atom is -0.492 e. The lowest BCUT2D eigenvalue weighted by atomic mass is 9.81. The molecule has 2 N–H and O–H groups in total. The van der Waals surface area contributed by atoms with Crippen molar-refractivity contribution in [3.63, 3.8) is 0 Å². The molecule has 0 aliphatic heterocycles. The number of para-hydroxylation sites is 3. The van der Waals surface area contributed by atoms with Gasteiger partial charge in [-0.25, -0.2) is 0 Å². The van der Waals surface area contributed by atoms with E-state index in [0.717, 1.165) is 29.7 Å². The zero-order valence-corrected chi connectivity index (χ0v) is 17.5. The van der Waals surface area contributed by atoms with E-state index >= 15 is 0 Å². The highest BCUT2D eigenvalue weighted by Gasteiger charge is 2.30. The number of anilines is 2. The van der Waals surface area contributed by atoms with E-state index in [4.69, 9.17) is 4.74 Å². The molecule has 154 valence electrons. The summed E-state index contributed by atoms with van der Waals surface area (Å²) >= 11 is 0. The van der Waals surface area contributed by atoms with Crippen LogP contribution in [-0.4, -0.2) is 18.4 Å². The van der Waals surface area contributed by atoms with Crippen LogP contribution in [0.1, 0.15) is 43.7 Å². The summed E-state index contributed by atoms with van der Waals surface area (Å²) in [5.41, 5.74) is 3.75. The Morgan fingerprint density at radius 2 is 1.41 bits per heavy atom. The van der Waals surface area contributed by atoms with E-state index in [-0.39, 0.29) is 23.7 Å². The highest BCUT2D eigenvalue weighted by Crippen LogP contribution is 2.32. The van der Waals surface area contributed by atoms with E-state index in [1.165, 1.54) is 0 Å². The molecule has 0 unspecified atom stereocenters. The molecule has 0 aromatic heterocycles. The number of hydrogen-bond acceptors (Lipinski definition) is 3. The molecule has 1 aliphatic carbocycles. The summed E-state index contributed by atoms with van der Waals surface area (Å²) in [5, 5.41) is 6.10. The van der Waals surface area contributed by atoms with Gasteiger partial charge in [0.15, 0.2) is 0 Å². The number of amides is 2. The predicted octanol–water partition coefficient (Wildman–Crippen LogP) is 5.09. The lowest BCUT2D eigenvalue weighted by Gasteiger charge is -2.27. The number of carbonyl (C=O) groups is 2. The SMILES string of the molecule is CCOc1ccccc1NC(=O)C1CCC(C(=O)Nc2c(C)cccc2C)CC1. The maximum Gasteiger partial charge on any atom is 0.227 e. The maximum absolute atomic E-state index is 12.7. The number of carbonyl (C=O) groups excluding carboxylic acids is 2. The molecule has 0 bridgehead atoms. The van der Waals surface area contributed by atoms with Gasteiger partial charge in [0.1, 0.15) is 5.75 Å². The van der Waals surface area contributed by atoms with E-state index in [1.54, 1.807) is 0 Å². The van der Waals surface area contributed by atoms with E-state index in [1.807, 2.05) is 63.2 Å². The first-order valence-electron chi connectivity index (χ1n) is 10.4. The molecule has 0 spiro atoms. The number of nitrogens with one attached hydrogen (secondary N) is 2. The Hall–Kier alpha value is -2.82. The molecular formula is C24H30N2O3. The van der Waals surface area contributed by atoms with Crippen molar-refractivity contribution in [1.29, 1.82) is 0 Å². The van der Waals surface area contributed by atoms with Crippen molar-refractivity contribution in [2.45, 2.75) is 46.5 Å². The average molecular weight is 395 g/mol. The van der Waals surface area contributed by atoms with Gasteiger partial charge in [-0.15, -0.1) is 0 Å². The summed E-state index contributed by atoms with van der Waals surface area (Å²) in [6, 6.07) is 13.5. The summed E-state index contributed by atoms with van der Waals surface area (Å²) in [6.07, 6.45) is 2.88. The third-order valence-electron chi connectivity index (χ3n) is 5.64. The molecule has 29 heavy (non-hydrogen) atoms. The van der Waals surface area contributed by atoms with Crippen molar-refractivity contribution in [2.24, 2.45) is 11.8 Å². The standard InChI is InChI=1S/C24H30N2O3/c1-4-29-21-11-6-5-10-20(21)25-23(27)18-12-14-19(15-13-18)24(28)26-22-16(2)8-7-9-17(22)3/h5-11,18-19H,4,12-15H2,1-3H3,(H,25,27)(H,26,28). The highest BCUT2D eigenvalue weighted by atomic mass is 16.5. The second-order valence-electron chi connectivity index (χ2n) is 7.72. The molecule has 0 saturated heterocycles. The Balaban J connectivity index is 1.55. The first-order chi connectivity index (χ1) is 14.0. The number of aryl methyl sites for hydroxylation is 2. The zero-order chi connectivity index (χ0) is 20.8. The summed E-state index contributed by atoms with van der Waals surface area (Å²) in [5.74, 6) is 0.626. The topological polar surface area (TPSA) is 67.4 Å². The fraction of sp³-hybridized carbons (Fsp3) is 0.417. The van der Waals surface area contributed by atoms with Crippen LogP contribution in [0.4, 0.5) is 11.4 Å². The second-order valence-corrected chi connectivity index (χ2v) is 7.72. The lowest BCUT2D eigenvalue weighted by molar-refractivity contribution is -0.125. The van der Waals surface area contributed by atoms with E-state index < -0.39 is 0 Å². The second kappa shape index (κ2) is 9.59. The Morgan fingerprint density at radius 3 is 2.00 bits per heavy atom. The van der Waals surface area contributed by atoms with E-state index in [2.05, 4.69) is 10.6 Å². The smallest absolute Gasteiger partial charge is 0.227 e. The van der Waals surface area contributed by atoms with Gasteiger partial charge in [-0.2, -0.15) is 0 Å². The van der Waals surface area contributed by atoms with Crippen LogP contribution in [0, 0.1) is 25.7 Å². The van der Waals surface area contributed by atoms with Crippen LogP contribution in [0.15, 0.2) is 42.5 Å². The van der Waals surface area contributed by atoms with Crippen LogP contribution in [0.3, 0.4) is 0 Å². The molecule has 2 aromatic rings. The quantitative estimate of drug-likeness (QED) is 0.717. The van der Waals surface area contributed by atoms with Crippen LogP contribution >= 0.6 is 0 Å². The Kier molecular flexibility index (Phi) is 6.91. The molecule has 2 amide bonds. The average Bonchev–Trinajstić information content (AvgIpc) is 2.72. The van der Waals surface area contributed by atoms with Crippen molar-refractivity contribution in [2.75, 3.05) is 17.2 Å². The minimum atomic E-state index is -0.0751. The molecule has 0 heterocycles. The normalized spacial score (nSPS) is 18.7. The molecule has 2 aromatic carbocycles. The first-order valence-corrected chi connectivity index (χ1v) is 10.4. The third kappa shape index (κ3) is 5.17. The molecule has 1 aliphatic rings. The molecule has 5 heteroatoms. The van der Waals surface area contributed by atoms with Gasteiger partial charge in [0.2, 0.25) is 11.8 Å². The van der Waals surface area contributed by atoms with E-state index in [9.17, 15) is 9.59 Å². The van der Waals surface area contributed by atoms with Gasteiger partial charge < -0.3 is 15.4 Å². The van der Waals surface area contributed by atoms with E-state index in [0.29, 0.717) is 30.9 Å². The molecule has 1 fully saturated rings. The third-order valence-corrected chi connectivity index (χ3v) is 5.64. The van der Waals surface area contributed by atoms with Gasteiger partial charge in [0.25, 0.3) is 0 Å². The van der Waals surface area contributed by atoms with Crippen molar-refractivity contribution in [3.8, 4) is 5.75 Å². The van der Waals surface area contributed by atoms with Crippen molar-refractivity contribution < 1.29 is 14.3 Å². The van der Waals surface area contributed by atoms with Gasteiger partial charge in [0.05, 0.1) is 12.3 Å². The monoisotopic (exact) mass is 394 g/mol. The van der Waals surface area contributed by atoms with Crippen molar-refractivity contribution >= 4 is 23.2 Å². The van der Waals surface area contributed by atoms with Gasteiger partial charge >= 0.3 is 0 Å². The molecule has 5 nitrogen and oxygen atoms in total. The predicted molar refractivity (Wildman–Crippen MR) is 116 cm³/mol. The molecule has 0 radical (unpaired) electrons. The van der Waals surface area contributed by atoms with Crippen molar-refractivity contribution in [1.82, 2.24) is 0 Å². The van der Waals surface area contributed by atoms with Gasteiger partial charge in [-0.05, 0) is 69.7 Å². The van der Waals surface area contributed by atoms with Crippen molar-refractivity contribution in [3.05, 3.63) is 53.6 Å². The molecule has 0 atom stereocenters. The summed E-state index contributed by atoms with van der Waals surface area (Å²) < 4.78 is 5.58. The number of hydrogen-bond donors (Lipinski definition) is 2. The Labute approximate surface area is 172 Å². The number of ether oxygens (including phenoxy) is 1. The number of rotatable bonds is 6. The zero-order valence-electron chi connectivity index (χ0n) is 17.5. The molecular weight excluding hydrogens is 364 g/mol. The van der Waals surface area contributed by atoms with Crippen LogP contribution < -0.4 is 15.4 Å². The summed E-state index contributed by atoms with van der Waals surface area (Å²) in [7, 11) is 0. The van der Waals surface area contributed by atoms with Gasteiger partial charge in [-0.3, -0.25) is 9.59 Å². The summed E-state index contributed by atoms with van der Waals surface area (Å²) in [4.78, 5) is 25.4. The number of benzene rings is 2. The minimum absolute atomic E-state index is 0.00533. The first kappa shape index (κ1) is 20.9. The fourth-order valence-electron chi connectivity index (χ4n) is 3.94. The van der Waals surface area contributed by atoms with Crippen LogP contribution in [0.25, 0.3) is 0 Å². The molecule has 3 rings (SSSR count). The Morgan fingerprint density at radius 1 is 0.862 bits per heavy atom. The lowest BCUT2D eigenvalue weighted by Crippen LogP contribution is -2.32. The summed E-state index contributed by atoms with van der Waals surface area (Å²) in [6.45, 7) is 6.48. The van der Waals surface area contributed by atoms with Gasteiger partial charge in [0, 0.05) is 17.5 Å². The fourth-order valence-corrected chi connectivity index (χ4v) is 3.94. The maximum atomic E-state index is 12.7.